The smallest absolute Gasteiger partial charge is 0.246 e. The number of nitrogens with one attached hydrogen (secondary N) is 3. The van der Waals surface area contributed by atoms with Gasteiger partial charge in [-0.1, -0.05) is 46.6 Å². The number of fused-ring (bicyclic) bond motifs is 2. The molecule has 5 atom stereocenters. The minimum Gasteiger partial charge on any atom is -0.496 e. The molecule has 8 heteroatoms. The minimum atomic E-state index is -0.863. The number of methoxy groups -OCH3 is 1. The van der Waals surface area contributed by atoms with Gasteiger partial charge in [0.1, 0.15) is 17.8 Å². The average Bonchev–Trinajstić information content (AvgIpc) is 2.79. The van der Waals surface area contributed by atoms with Crippen molar-refractivity contribution < 1.29 is 19.1 Å². The zero-order valence-corrected chi connectivity index (χ0v) is 19.6. The highest BCUT2D eigenvalue weighted by atomic mass is 16.5. The fourth-order valence-corrected chi connectivity index (χ4v) is 3.61. The van der Waals surface area contributed by atoms with Gasteiger partial charge in [0.15, 0.2) is 0 Å². The van der Waals surface area contributed by atoms with Crippen LogP contribution in [0.1, 0.15) is 51.7 Å². The molecule has 1 heterocycles. The van der Waals surface area contributed by atoms with Crippen molar-refractivity contribution in [2.24, 2.45) is 17.6 Å². The van der Waals surface area contributed by atoms with Crippen LogP contribution in [0.15, 0.2) is 24.4 Å². The molecule has 0 aromatic heterocycles. The highest BCUT2D eigenvalue weighted by Gasteiger charge is 2.33. The summed E-state index contributed by atoms with van der Waals surface area (Å²) in [5.74, 6) is -0.734. The Morgan fingerprint density at radius 2 is 1.59 bits per heavy atom. The second kappa shape index (κ2) is 11.7. The number of ether oxygens (including phenoxy) is 1. The van der Waals surface area contributed by atoms with E-state index in [0.717, 1.165) is 11.1 Å². The van der Waals surface area contributed by atoms with E-state index in [1.807, 2.05) is 39.8 Å². The Kier molecular flexibility index (Phi) is 9.26. The number of hydrogen-bond donors (Lipinski definition) is 4. The Labute approximate surface area is 190 Å². The molecule has 2 bridgehead atoms. The number of carbonyl (C=O) groups is 3. The van der Waals surface area contributed by atoms with Crippen molar-refractivity contribution >= 4 is 23.8 Å². The van der Waals surface area contributed by atoms with Crippen LogP contribution in [0.2, 0.25) is 0 Å². The van der Waals surface area contributed by atoms with E-state index in [1.54, 1.807) is 25.5 Å². The van der Waals surface area contributed by atoms with Gasteiger partial charge in [0, 0.05) is 12.6 Å². The van der Waals surface area contributed by atoms with Gasteiger partial charge in [0.2, 0.25) is 17.7 Å². The average molecular weight is 445 g/mol. The monoisotopic (exact) mass is 444 g/mol. The molecule has 3 amide bonds. The third-order valence-corrected chi connectivity index (χ3v) is 6.17. The highest BCUT2D eigenvalue weighted by Crippen LogP contribution is 2.22. The molecular weight excluding hydrogens is 408 g/mol. The fourth-order valence-electron chi connectivity index (χ4n) is 3.61. The molecule has 8 nitrogen and oxygen atoms in total. The molecular formula is C24H36N4O4. The summed E-state index contributed by atoms with van der Waals surface area (Å²) in [5.41, 5.74) is 7.80. The van der Waals surface area contributed by atoms with Gasteiger partial charge in [-0.2, -0.15) is 0 Å². The van der Waals surface area contributed by atoms with Gasteiger partial charge in [0.25, 0.3) is 0 Å². The van der Waals surface area contributed by atoms with Gasteiger partial charge in [-0.05, 0) is 41.2 Å². The summed E-state index contributed by atoms with van der Waals surface area (Å²) >= 11 is 0. The van der Waals surface area contributed by atoms with Crippen LogP contribution >= 0.6 is 0 Å². The Morgan fingerprint density at radius 1 is 1.00 bits per heavy atom. The molecule has 32 heavy (non-hydrogen) atoms. The minimum absolute atomic E-state index is 0.0915. The summed E-state index contributed by atoms with van der Waals surface area (Å²) in [6.07, 6.45) is 4.93. The lowest BCUT2D eigenvalue weighted by Crippen LogP contribution is -2.58. The number of amides is 3. The maximum atomic E-state index is 13.1. The van der Waals surface area contributed by atoms with Crippen molar-refractivity contribution in [1.29, 1.82) is 0 Å². The summed E-state index contributed by atoms with van der Waals surface area (Å²) in [6.45, 7) is 7.70. The van der Waals surface area contributed by atoms with Crippen LogP contribution in [0.25, 0.3) is 6.08 Å². The van der Waals surface area contributed by atoms with E-state index in [2.05, 4.69) is 16.0 Å². The first kappa shape index (κ1) is 25.4. The number of carbonyl (C=O) groups excluding carboxylic acids is 3. The summed E-state index contributed by atoms with van der Waals surface area (Å²) in [7, 11) is 1.56. The Bertz CT molecular complexity index is 854. The zero-order valence-electron chi connectivity index (χ0n) is 19.6. The first-order valence-electron chi connectivity index (χ1n) is 11.2. The van der Waals surface area contributed by atoms with E-state index >= 15 is 0 Å². The standard InChI is InChI=1S/C24H36N4O4/c1-6-14(3)20-23(30)26-11-10-16-8-9-19(32-5)17(12-16)13-18(25)22(29)27-21(15(4)7-2)24(31)28-20/h8-12,14-15,18,20-21H,6-7,13,25H2,1-5H3,(H,26,30)(H,27,29)(H,28,31)/b11-10+. The molecule has 1 aliphatic rings. The van der Waals surface area contributed by atoms with Crippen LogP contribution in [0.3, 0.4) is 0 Å². The van der Waals surface area contributed by atoms with Crippen LogP contribution < -0.4 is 26.4 Å². The molecule has 0 saturated heterocycles. The number of benzene rings is 1. The normalized spacial score (nSPS) is 25.3. The molecule has 0 spiro atoms. The predicted octanol–water partition coefficient (Wildman–Crippen LogP) is 1.73. The second-order valence-electron chi connectivity index (χ2n) is 8.47. The van der Waals surface area contributed by atoms with Gasteiger partial charge in [-0.25, -0.2) is 0 Å². The van der Waals surface area contributed by atoms with Crippen LogP contribution in [-0.4, -0.2) is 43.0 Å². The summed E-state index contributed by atoms with van der Waals surface area (Å²) in [6, 6.07) is 3.13. The van der Waals surface area contributed by atoms with Crippen LogP contribution in [0.4, 0.5) is 0 Å². The SMILES string of the molecule is CCC(C)C1NC(=O)C(N)Cc2cc(ccc2OC)/C=C/NC(=O)C(C(C)CC)NC1=O. The van der Waals surface area contributed by atoms with Gasteiger partial charge >= 0.3 is 0 Å². The molecule has 5 N–H and O–H groups in total. The maximum absolute atomic E-state index is 13.1. The maximum Gasteiger partial charge on any atom is 0.246 e. The topological polar surface area (TPSA) is 123 Å². The third-order valence-electron chi connectivity index (χ3n) is 6.17. The van der Waals surface area contributed by atoms with Crippen molar-refractivity contribution in [3.8, 4) is 5.75 Å². The first-order valence-corrected chi connectivity index (χ1v) is 11.2. The molecule has 0 fully saturated rings. The van der Waals surface area contributed by atoms with Crippen LogP contribution in [0.5, 0.6) is 5.75 Å². The lowest BCUT2D eigenvalue weighted by molar-refractivity contribution is -0.134. The van der Waals surface area contributed by atoms with Crippen molar-refractivity contribution in [2.45, 2.75) is 65.1 Å². The molecule has 0 saturated carbocycles. The second-order valence-corrected chi connectivity index (χ2v) is 8.47. The highest BCUT2D eigenvalue weighted by molar-refractivity contribution is 5.93. The molecule has 1 aliphatic heterocycles. The molecule has 0 aliphatic carbocycles. The lowest BCUT2D eigenvalue weighted by Gasteiger charge is -2.29. The molecule has 5 unspecified atom stereocenters. The quantitative estimate of drug-likeness (QED) is 0.551. The summed E-state index contributed by atoms with van der Waals surface area (Å²) in [5, 5.41) is 8.44. The fraction of sp³-hybridized carbons (Fsp3) is 0.542. The van der Waals surface area contributed by atoms with E-state index in [9.17, 15) is 14.4 Å². The van der Waals surface area contributed by atoms with Crippen LogP contribution in [-0.2, 0) is 20.8 Å². The van der Waals surface area contributed by atoms with Crippen molar-refractivity contribution in [3.63, 3.8) is 0 Å². The number of hydrogen-bond acceptors (Lipinski definition) is 5. The van der Waals surface area contributed by atoms with E-state index in [0.29, 0.717) is 18.6 Å². The van der Waals surface area contributed by atoms with E-state index in [1.165, 1.54) is 0 Å². The van der Waals surface area contributed by atoms with Gasteiger partial charge in [0.05, 0.1) is 13.2 Å². The number of nitrogens with two attached hydrogens (primary N) is 1. The summed E-state index contributed by atoms with van der Waals surface area (Å²) in [4.78, 5) is 38.9. The van der Waals surface area contributed by atoms with Crippen molar-refractivity contribution in [1.82, 2.24) is 16.0 Å². The van der Waals surface area contributed by atoms with Gasteiger partial charge in [-0.3, -0.25) is 14.4 Å². The van der Waals surface area contributed by atoms with E-state index in [4.69, 9.17) is 10.5 Å². The van der Waals surface area contributed by atoms with E-state index in [-0.39, 0.29) is 24.2 Å². The van der Waals surface area contributed by atoms with Crippen LogP contribution in [0, 0.1) is 11.8 Å². The predicted molar refractivity (Wildman–Crippen MR) is 125 cm³/mol. The lowest BCUT2D eigenvalue weighted by atomic mass is 9.94. The Balaban J connectivity index is 2.48. The van der Waals surface area contributed by atoms with Gasteiger partial charge < -0.3 is 26.4 Å². The first-order chi connectivity index (χ1) is 15.2. The van der Waals surface area contributed by atoms with Gasteiger partial charge in [-0.15, -0.1) is 0 Å². The third kappa shape index (κ3) is 6.32. The molecule has 1 aromatic rings. The molecule has 1 aromatic carbocycles. The van der Waals surface area contributed by atoms with Crippen molar-refractivity contribution in [3.05, 3.63) is 35.5 Å². The number of rotatable bonds is 5. The van der Waals surface area contributed by atoms with Crippen molar-refractivity contribution in [2.75, 3.05) is 7.11 Å². The Hall–Kier alpha value is -2.87. The summed E-state index contributed by atoms with van der Waals surface area (Å²) < 4.78 is 5.42. The molecule has 0 radical (unpaired) electrons. The molecule has 2 rings (SSSR count). The largest absolute Gasteiger partial charge is 0.496 e. The zero-order chi connectivity index (χ0) is 23.8. The van der Waals surface area contributed by atoms with E-state index < -0.39 is 29.9 Å². The molecule has 176 valence electrons. The Morgan fingerprint density at radius 3 is 2.19 bits per heavy atom.